The van der Waals surface area contributed by atoms with Crippen LogP contribution < -0.4 is 10.6 Å². The summed E-state index contributed by atoms with van der Waals surface area (Å²) in [7, 11) is 0. The van der Waals surface area contributed by atoms with Crippen LogP contribution in [0.3, 0.4) is 0 Å². The second-order valence-electron chi connectivity index (χ2n) is 5.20. The van der Waals surface area contributed by atoms with E-state index in [1.165, 1.54) is 6.07 Å². The first-order valence-electron chi connectivity index (χ1n) is 6.83. The number of amides is 1. The normalized spacial score (nSPS) is 10.3. The van der Waals surface area contributed by atoms with Crippen LogP contribution in [0.1, 0.15) is 16.7 Å². The summed E-state index contributed by atoms with van der Waals surface area (Å²) >= 11 is 0. The van der Waals surface area contributed by atoms with Gasteiger partial charge in [-0.1, -0.05) is 23.8 Å². The minimum atomic E-state index is -0.352. The summed E-state index contributed by atoms with van der Waals surface area (Å²) in [4.78, 5) is 11.9. The van der Waals surface area contributed by atoms with Gasteiger partial charge < -0.3 is 10.6 Å². The van der Waals surface area contributed by atoms with Gasteiger partial charge in [-0.05, 0) is 50.1 Å². The summed E-state index contributed by atoms with van der Waals surface area (Å²) in [5, 5.41) is 5.62. The van der Waals surface area contributed by atoms with Gasteiger partial charge in [0.25, 0.3) is 0 Å². The van der Waals surface area contributed by atoms with Crippen molar-refractivity contribution in [3.05, 3.63) is 58.9 Å². The number of aryl methyl sites for hydroxylation is 3. The highest BCUT2D eigenvalue weighted by Gasteiger charge is 2.07. The van der Waals surface area contributed by atoms with E-state index >= 15 is 0 Å². The zero-order chi connectivity index (χ0) is 15.4. The van der Waals surface area contributed by atoms with Gasteiger partial charge in [0.05, 0.1) is 12.2 Å². The lowest BCUT2D eigenvalue weighted by Crippen LogP contribution is -2.22. The highest BCUT2D eigenvalue weighted by atomic mass is 19.1. The van der Waals surface area contributed by atoms with Gasteiger partial charge in [-0.15, -0.1) is 0 Å². The molecular formula is C17H19FN2O. The molecule has 0 unspecified atom stereocenters. The van der Waals surface area contributed by atoms with E-state index in [0.717, 1.165) is 22.4 Å². The number of hydrogen-bond acceptors (Lipinski definition) is 2. The molecule has 0 fully saturated rings. The van der Waals surface area contributed by atoms with Crippen molar-refractivity contribution in [1.82, 2.24) is 0 Å². The molecule has 0 bridgehead atoms. The summed E-state index contributed by atoms with van der Waals surface area (Å²) in [6.07, 6.45) is 0. The van der Waals surface area contributed by atoms with Gasteiger partial charge in [0, 0.05) is 5.69 Å². The fourth-order valence-electron chi connectivity index (χ4n) is 2.09. The molecule has 21 heavy (non-hydrogen) atoms. The predicted octanol–water partition coefficient (Wildman–Crippen LogP) is 3.80. The van der Waals surface area contributed by atoms with Crippen molar-refractivity contribution < 1.29 is 9.18 Å². The molecule has 110 valence electrons. The third kappa shape index (κ3) is 4.05. The van der Waals surface area contributed by atoms with Gasteiger partial charge in [-0.2, -0.15) is 0 Å². The quantitative estimate of drug-likeness (QED) is 0.897. The molecule has 2 aromatic rings. The molecule has 2 aromatic carbocycles. The Morgan fingerprint density at radius 1 is 1.00 bits per heavy atom. The molecule has 0 aliphatic heterocycles. The van der Waals surface area contributed by atoms with Gasteiger partial charge in [0.1, 0.15) is 5.82 Å². The maximum Gasteiger partial charge on any atom is 0.243 e. The van der Waals surface area contributed by atoms with Crippen molar-refractivity contribution in [2.75, 3.05) is 17.2 Å². The molecule has 0 spiro atoms. The number of anilines is 2. The van der Waals surface area contributed by atoms with E-state index in [2.05, 4.69) is 10.6 Å². The van der Waals surface area contributed by atoms with Crippen LogP contribution in [0.25, 0.3) is 0 Å². The number of rotatable bonds is 4. The van der Waals surface area contributed by atoms with E-state index in [9.17, 15) is 9.18 Å². The fraction of sp³-hybridized carbons (Fsp3) is 0.235. The smallest absolute Gasteiger partial charge is 0.243 e. The highest BCUT2D eigenvalue weighted by Crippen LogP contribution is 2.17. The molecule has 0 aliphatic rings. The SMILES string of the molecule is Cc1ccc(NC(=O)CNc2ccc(C)cc2F)c(C)c1. The Kier molecular flexibility index (Phi) is 4.58. The number of halogens is 1. The van der Waals surface area contributed by atoms with E-state index in [1.54, 1.807) is 12.1 Å². The van der Waals surface area contributed by atoms with Crippen LogP contribution in [0.4, 0.5) is 15.8 Å². The molecule has 0 aliphatic carbocycles. The van der Waals surface area contributed by atoms with Crippen molar-refractivity contribution in [3.8, 4) is 0 Å². The topological polar surface area (TPSA) is 41.1 Å². The number of benzene rings is 2. The first kappa shape index (κ1) is 15.0. The largest absolute Gasteiger partial charge is 0.374 e. The van der Waals surface area contributed by atoms with Crippen molar-refractivity contribution in [3.63, 3.8) is 0 Å². The van der Waals surface area contributed by atoms with Crippen molar-refractivity contribution in [2.45, 2.75) is 20.8 Å². The number of nitrogens with one attached hydrogen (secondary N) is 2. The molecule has 0 saturated heterocycles. The number of carbonyl (C=O) groups excluding carboxylic acids is 1. The average Bonchev–Trinajstić information content (AvgIpc) is 2.41. The van der Waals surface area contributed by atoms with E-state index in [0.29, 0.717) is 5.69 Å². The zero-order valence-electron chi connectivity index (χ0n) is 12.5. The lowest BCUT2D eigenvalue weighted by atomic mass is 10.1. The molecule has 0 atom stereocenters. The first-order valence-corrected chi connectivity index (χ1v) is 6.83. The van der Waals surface area contributed by atoms with E-state index < -0.39 is 0 Å². The Balaban J connectivity index is 1.96. The van der Waals surface area contributed by atoms with Crippen LogP contribution in [0.2, 0.25) is 0 Å². The summed E-state index contributed by atoms with van der Waals surface area (Å²) in [5.74, 6) is -0.559. The van der Waals surface area contributed by atoms with Gasteiger partial charge in [0.15, 0.2) is 0 Å². The van der Waals surface area contributed by atoms with Crippen LogP contribution in [0, 0.1) is 26.6 Å². The molecule has 2 rings (SSSR count). The molecule has 2 N–H and O–H groups in total. The van der Waals surface area contributed by atoms with Crippen molar-refractivity contribution in [1.29, 1.82) is 0 Å². The summed E-state index contributed by atoms with van der Waals surface area (Å²) in [6.45, 7) is 5.78. The van der Waals surface area contributed by atoms with E-state index in [1.807, 2.05) is 39.0 Å². The van der Waals surface area contributed by atoms with E-state index in [-0.39, 0.29) is 18.3 Å². The van der Waals surface area contributed by atoms with Crippen molar-refractivity contribution >= 4 is 17.3 Å². The molecule has 0 aromatic heterocycles. The van der Waals surface area contributed by atoms with E-state index in [4.69, 9.17) is 0 Å². The lowest BCUT2D eigenvalue weighted by Gasteiger charge is -2.11. The zero-order valence-corrected chi connectivity index (χ0v) is 12.5. The molecule has 0 radical (unpaired) electrons. The van der Waals surface area contributed by atoms with Gasteiger partial charge in [0.2, 0.25) is 5.91 Å². The van der Waals surface area contributed by atoms with Crippen molar-refractivity contribution in [2.24, 2.45) is 0 Å². The Bertz CT molecular complexity index is 668. The molecule has 1 amide bonds. The standard InChI is InChI=1S/C17H19FN2O/c1-11-4-6-15(13(3)8-11)20-17(21)10-19-16-7-5-12(2)9-14(16)18/h4-9,19H,10H2,1-3H3,(H,20,21). The molecule has 4 heteroatoms. The third-order valence-electron chi connectivity index (χ3n) is 3.22. The lowest BCUT2D eigenvalue weighted by molar-refractivity contribution is -0.114. The maximum atomic E-state index is 13.6. The summed E-state index contributed by atoms with van der Waals surface area (Å²) in [6, 6.07) is 10.7. The van der Waals surface area contributed by atoms with Gasteiger partial charge in [-0.25, -0.2) is 4.39 Å². The average molecular weight is 286 g/mol. The molecular weight excluding hydrogens is 267 g/mol. The van der Waals surface area contributed by atoms with Gasteiger partial charge in [-0.3, -0.25) is 4.79 Å². The second-order valence-corrected chi connectivity index (χ2v) is 5.20. The van der Waals surface area contributed by atoms with Crippen LogP contribution in [0.5, 0.6) is 0 Å². The van der Waals surface area contributed by atoms with Crippen LogP contribution in [0.15, 0.2) is 36.4 Å². The maximum absolute atomic E-state index is 13.6. The third-order valence-corrected chi connectivity index (χ3v) is 3.22. The van der Waals surface area contributed by atoms with Crippen LogP contribution in [-0.4, -0.2) is 12.5 Å². The Morgan fingerprint density at radius 2 is 1.62 bits per heavy atom. The number of hydrogen-bond donors (Lipinski definition) is 2. The summed E-state index contributed by atoms with van der Waals surface area (Å²) < 4.78 is 13.6. The minimum Gasteiger partial charge on any atom is -0.374 e. The highest BCUT2D eigenvalue weighted by molar-refractivity contribution is 5.94. The second kappa shape index (κ2) is 6.39. The Morgan fingerprint density at radius 3 is 2.24 bits per heavy atom. The molecule has 0 heterocycles. The molecule has 0 saturated carbocycles. The minimum absolute atomic E-state index is 0.0211. The van der Waals surface area contributed by atoms with Crippen LogP contribution in [-0.2, 0) is 4.79 Å². The van der Waals surface area contributed by atoms with Crippen LogP contribution >= 0.6 is 0 Å². The first-order chi connectivity index (χ1) is 9.95. The van der Waals surface area contributed by atoms with Gasteiger partial charge >= 0.3 is 0 Å². The fourth-order valence-corrected chi connectivity index (χ4v) is 2.09. The number of carbonyl (C=O) groups is 1. The summed E-state index contributed by atoms with van der Waals surface area (Å²) in [5.41, 5.74) is 4.10. The predicted molar refractivity (Wildman–Crippen MR) is 84.2 cm³/mol. The Labute approximate surface area is 124 Å². The Hall–Kier alpha value is -2.36. The molecule has 3 nitrogen and oxygen atoms in total. The monoisotopic (exact) mass is 286 g/mol.